The summed E-state index contributed by atoms with van der Waals surface area (Å²) >= 11 is 1.47. The number of hydrogen-bond donors (Lipinski definition) is 1. The second-order valence-electron chi connectivity index (χ2n) is 6.42. The fourth-order valence-electron chi connectivity index (χ4n) is 3.02. The highest BCUT2D eigenvalue weighted by Gasteiger charge is 2.26. The number of amides is 1. The third-order valence-corrected chi connectivity index (χ3v) is 5.50. The predicted molar refractivity (Wildman–Crippen MR) is 104 cm³/mol. The maximum absolute atomic E-state index is 12.5. The molecule has 0 fully saturated rings. The Morgan fingerprint density at radius 1 is 1.30 bits per heavy atom. The van der Waals surface area contributed by atoms with Gasteiger partial charge in [0.25, 0.3) is 5.91 Å². The van der Waals surface area contributed by atoms with Gasteiger partial charge in [0.05, 0.1) is 5.69 Å². The molecule has 27 heavy (non-hydrogen) atoms. The molecule has 0 atom stereocenters. The Morgan fingerprint density at radius 2 is 2.22 bits per heavy atom. The van der Waals surface area contributed by atoms with Crippen LogP contribution in [0.4, 0.5) is 11.6 Å². The first-order valence-corrected chi connectivity index (χ1v) is 9.77. The van der Waals surface area contributed by atoms with Crippen molar-refractivity contribution >= 4 is 28.9 Å². The summed E-state index contributed by atoms with van der Waals surface area (Å²) in [5.41, 5.74) is 1.98. The fraction of sp³-hybridized carbons (Fsp3) is 0.316. The average molecular weight is 380 g/mol. The molecular formula is C19H20N6OS. The molecule has 0 saturated carbocycles. The lowest BCUT2D eigenvalue weighted by atomic mass is 10.2. The van der Waals surface area contributed by atoms with Gasteiger partial charge < -0.3 is 10.2 Å². The molecular weight excluding hydrogens is 360 g/mol. The second kappa shape index (κ2) is 7.79. The van der Waals surface area contributed by atoms with Crippen LogP contribution in [0.25, 0.3) is 0 Å². The van der Waals surface area contributed by atoms with Crippen molar-refractivity contribution in [3.63, 3.8) is 0 Å². The minimum absolute atomic E-state index is 0.131. The van der Waals surface area contributed by atoms with Crippen molar-refractivity contribution in [2.75, 3.05) is 18.0 Å². The van der Waals surface area contributed by atoms with Gasteiger partial charge in [0.15, 0.2) is 10.8 Å². The molecule has 4 heterocycles. The average Bonchev–Trinajstić information content (AvgIpc) is 3.14. The number of anilines is 2. The van der Waals surface area contributed by atoms with Crippen LogP contribution in [0.1, 0.15) is 32.4 Å². The normalized spacial score (nSPS) is 13.3. The molecule has 1 amide bonds. The van der Waals surface area contributed by atoms with Gasteiger partial charge in [-0.05, 0) is 49.9 Å². The Labute approximate surface area is 161 Å². The van der Waals surface area contributed by atoms with Gasteiger partial charge in [0, 0.05) is 30.4 Å². The maximum Gasteiger partial charge on any atom is 0.280 e. The summed E-state index contributed by atoms with van der Waals surface area (Å²) in [4.78, 5) is 24.4. The van der Waals surface area contributed by atoms with Crippen molar-refractivity contribution in [1.82, 2.24) is 25.5 Å². The number of carbonyl (C=O) groups excluding carboxylic acids is 1. The predicted octanol–water partition coefficient (Wildman–Crippen LogP) is 2.69. The number of pyridine rings is 1. The summed E-state index contributed by atoms with van der Waals surface area (Å²) in [6, 6.07) is 7.79. The highest BCUT2D eigenvalue weighted by Crippen LogP contribution is 2.35. The molecule has 0 spiro atoms. The van der Waals surface area contributed by atoms with Crippen molar-refractivity contribution in [2.24, 2.45) is 0 Å². The topological polar surface area (TPSA) is 83.9 Å². The standard InChI is InChI=1S/C19H20N6OS/c1-13-6-7-16(24-23-13)25-11-3-5-15-17(25)22-19(27-15)18(26)21-10-8-14-4-2-9-20-12-14/h2,4,6-7,9,12H,3,5,8,10-11H2,1H3,(H,21,26). The lowest BCUT2D eigenvalue weighted by Crippen LogP contribution is -2.27. The molecule has 1 N–H and O–H groups in total. The van der Waals surface area contributed by atoms with Crippen molar-refractivity contribution in [3.05, 3.63) is 57.8 Å². The van der Waals surface area contributed by atoms with Gasteiger partial charge in [0.2, 0.25) is 0 Å². The number of fused-ring (bicyclic) bond motifs is 1. The van der Waals surface area contributed by atoms with Gasteiger partial charge in [0.1, 0.15) is 5.82 Å². The third kappa shape index (κ3) is 3.95. The molecule has 138 valence electrons. The molecule has 3 aromatic rings. The van der Waals surface area contributed by atoms with Gasteiger partial charge in [-0.3, -0.25) is 9.78 Å². The molecule has 1 aliphatic rings. The van der Waals surface area contributed by atoms with Crippen LogP contribution in [0.3, 0.4) is 0 Å². The van der Waals surface area contributed by atoms with Crippen LogP contribution in [-0.2, 0) is 12.8 Å². The summed E-state index contributed by atoms with van der Waals surface area (Å²) in [6.07, 6.45) is 6.25. The van der Waals surface area contributed by atoms with E-state index in [1.807, 2.05) is 42.3 Å². The molecule has 3 aromatic heterocycles. The van der Waals surface area contributed by atoms with Crippen LogP contribution in [0.15, 0.2) is 36.7 Å². The lowest BCUT2D eigenvalue weighted by Gasteiger charge is -2.25. The van der Waals surface area contributed by atoms with Crippen LogP contribution in [-0.4, -0.2) is 39.2 Å². The Kier molecular flexibility index (Phi) is 5.06. The van der Waals surface area contributed by atoms with Gasteiger partial charge in [-0.1, -0.05) is 6.07 Å². The van der Waals surface area contributed by atoms with E-state index in [0.29, 0.717) is 11.6 Å². The number of nitrogens with one attached hydrogen (secondary N) is 1. The second-order valence-corrected chi connectivity index (χ2v) is 7.50. The van der Waals surface area contributed by atoms with E-state index < -0.39 is 0 Å². The zero-order chi connectivity index (χ0) is 18.6. The van der Waals surface area contributed by atoms with Crippen LogP contribution >= 0.6 is 11.3 Å². The van der Waals surface area contributed by atoms with Gasteiger partial charge in [-0.25, -0.2) is 4.98 Å². The molecule has 0 bridgehead atoms. The van der Waals surface area contributed by atoms with Gasteiger partial charge in [-0.2, -0.15) is 5.10 Å². The van der Waals surface area contributed by atoms with E-state index in [1.54, 1.807) is 6.20 Å². The number of thiazole rings is 1. The lowest BCUT2D eigenvalue weighted by molar-refractivity contribution is 0.0954. The van der Waals surface area contributed by atoms with Crippen molar-refractivity contribution < 1.29 is 4.79 Å². The van der Waals surface area contributed by atoms with Gasteiger partial charge in [-0.15, -0.1) is 16.4 Å². The monoisotopic (exact) mass is 380 g/mol. The molecule has 4 rings (SSSR count). The first-order chi connectivity index (χ1) is 13.2. The largest absolute Gasteiger partial charge is 0.350 e. The van der Waals surface area contributed by atoms with Crippen LogP contribution in [0, 0.1) is 6.92 Å². The molecule has 0 saturated heterocycles. The Bertz CT molecular complexity index is 925. The molecule has 0 aromatic carbocycles. The third-order valence-electron chi connectivity index (χ3n) is 4.39. The van der Waals surface area contributed by atoms with Crippen LogP contribution in [0.5, 0.6) is 0 Å². The fourth-order valence-corrected chi connectivity index (χ4v) is 4.04. The summed E-state index contributed by atoms with van der Waals surface area (Å²) < 4.78 is 0. The van der Waals surface area contributed by atoms with E-state index in [2.05, 4.69) is 25.5 Å². The number of aryl methyl sites for hydroxylation is 2. The number of rotatable bonds is 5. The maximum atomic E-state index is 12.5. The Hall–Kier alpha value is -2.87. The molecule has 0 aliphatic carbocycles. The smallest absolute Gasteiger partial charge is 0.280 e. The Balaban J connectivity index is 1.46. The summed E-state index contributed by atoms with van der Waals surface area (Å²) in [6.45, 7) is 3.30. The molecule has 0 unspecified atom stereocenters. The SMILES string of the molecule is Cc1ccc(N2CCCc3sc(C(=O)NCCc4cccnc4)nc32)nn1. The minimum Gasteiger partial charge on any atom is -0.350 e. The molecule has 7 nitrogen and oxygen atoms in total. The van der Waals surface area contributed by atoms with E-state index in [4.69, 9.17) is 0 Å². The summed E-state index contributed by atoms with van der Waals surface area (Å²) in [5, 5.41) is 11.9. The first kappa shape index (κ1) is 17.5. The van der Waals surface area contributed by atoms with Crippen molar-refractivity contribution in [2.45, 2.75) is 26.2 Å². The highest BCUT2D eigenvalue weighted by molar-refractivity contribution is 7.14. The van der Waals surface area contributed by atoms with E-state index in [1.165, 1.54) is 11.3 Å². The number of hydrogen-bond acceptors (Lipinski definition) is 7. The number of carbonyl (C=O) groups is 1. The van der Waals surface area contributed by atoms with Crippen molar-refractivity contribution in [3.8, 4) is 0 Å². The van der Waals surface area contributed by atoms with Crippen molar-refractivity contribution in [1.29, 1.82) is 0 Å². The summed E-state index contributed by atoms with van der Waals surface area (Å²) in [7, 11) is 0. The zero-order valence-corrected chi connectivity index (χ0v) is 15.9. The van der Waals surface area contributed by atoms with E-state index >= 15 is 0 Å². The number of nitrogens with zero attached hydrogens (tertiary/aromatic N) is 5. The molecule has 1 aliphatic heterocycles. The molecule has 0 radical (unpaired) electrons. The van der Waals surface area contributed by atoms with Gasteiger partial charge >= 0.3 is 0 Å². The summed E-state index contributed by atoms with van der Waals surface area (Å²) in [5.74, 6) is 1.48. The van der Waals surface area contributed by atoms with E-state index in [-0.39, 0.29) is 5.91 Å². The quantitative estimate of drug-likeness (QED) is 0.733. The molecule has 8 heteroatoms. The number of aromatic nitrogens is 4. The highest BCUT2D eigenvalue weighted by atomic mass is 32.1. The first-order valence-electron chi connectivity index (χ1n) is 8.95. The van der Waals surface area contributed by atoms with Crippen LogP contribution in [0.2, 0.25) is 0 Å². The van der Waals surface area contributed by atoms with E-state index in [9.17, 15) is 4.79 Å². The minimum atomic E-state index is -0.131. The zero-order valence-electron chi connectivity index (χ0n) is 15.1. The Morgan fingerprint density at radius 3 is 3.00 bits per heavy atom. The van der Waals surface area contributed by atoms with Crippen LogP contribution < -0.4 is 10.2 Å². The van der Waals surface area contributed by atoms with E-state index in [0.717, 1.165) is 53.6 Å².